The van der Waals surface area contributed by atoms with Gasteiger partial charge < -0.3 is 15.4 Å². The highest BCUT2D eigenvalue weighted by atomic mass is 16.5. The molecule has 1 saturated heterocycles. The first-order valence-electron chi connectivity index (χ1n) is 7.16. The van der Waals surface area contributed by atoms with Crippen LogP contribution in [0.2, 0.25) is 0 Å². The Hall–Kier alpha value is -1.71. The fraction of sp³-hybridized carbons (Fsp3) is 0.562. The van der Waals surface area contributed by atoms with E-state index in [1.54, 1.807) is 12.1 Å². The number of hydrogen-bond donors (Lipinski definition) is 1. The van der Waals surface area contributed by atoms with Crippen molar-refractivity contribution in [2.75, 3.05) is 30.8 Å². The number of nitrogens with zero attached hydrogens (tertiary/aromatic N) is 1. The Morgan fingerprint density at radius 3 is 2.75 bits per heavy atom. The van der Waals surface area contributed by atoms with Gasteiger partial charge in [0.2, 0.25) is 0 Å². The first-order chi connectivity index (χ1) is 9.43. The number of hydrogen-bond acceptors (Lipinski definition) is 4. The number of anilines is 2. The smallest absolute Gasteiger partial charge is 0.337 e. The molecule has 4 heteroatoms. The van der Waals surface area contributed by atoms with E-state index in [-0.39, 0.29) is 5.97 Å². The number of rotatable bonds is 2. The molecule has 1 aliphatic heterocycles. The first kappa shape index (κ1) is 14.7. The van der Waals surface area contributed by atoms with Gasteiger partial charge in [0.25, 0.3) is 0 Å². The highest BCUT2D eigenvalue weighted by Gasteiger charge is 2.24. The summed E-state index contributed by atoms with van der Waals surface area (Å²) in [6.45, 7) is 6.58. The zero-order chi connectivity index (χ0) is 14.8. The first-order valence-corrected chi connectivity index (χ1v) is 7.16. The topological polar surface area (TPSA) is 55.6 Å². The molecular formula is C16H24N2O2. The molecule has 0 spiro atoms. The zero-order valence-electron chi connectivity index (χ0n) is 12.6. The van der Waals surface area contributed by atoms with Crippen molar-refractivity contribution in [3.63, 3.8) is 0 Å². The molecule has 0 bridgehead atoms. The standard InChI is InChI=1S/C16H24N2O2/c1-16(2)7-4-9-18(10-8-16)14-11-12(15(19)20-3)5-6-13(14)17/h5-6,11H,4,7-10,17H2,1-3H3. The second-order valence-corrected chi connectivity index (χ2v) is 6.27. The summed E-state index contributed by atoms with van der Waals surface area (Å²) >= 11 is 0. The quantitative estimate of drug-likeness (QED) is 0.666. The summed E-state index contributed by atoms with van der Waals surface area (Å²) < 4.78 is 4.78. The molecule has 0 unspecified atom stereocenters. The van der Waals surface area contributed by atoms with Crippen molar-refractivity contribution in [1.82, 2.24) is 0 Å². The summed E-state index contributed by atoms with van der Waals surface area (Å²) in [5.41, 5.74) is 8.69. The number of methoxy groups -OCH3 is 1. The molecule has 1 fully saturated rings. The molecule has 20 heavy (non-hydrogen) atoms. The monoisotopic (exact) mass is 276 g/mol. The van der Waals surface area contributed by atoms with Crippen LogP contribution in [0.4, 0.5) is 11.4 Å². The van der Waals surface area contributed by atoms with E-state index in [0.29, 0.717) is 11.0 Å². The van der Waals surface area contributed by atoms with E-state index in [1.165, 1.54) is 13.5 Å². The molecule has 0 saturated carbocycles. The van der Waals surface area contributed by atoms with Gasteiger partial charge in [0.05, 0.1) is 24.0 Å². The maximum atomic E-state index is 11.6. The Labute approximate surface area is 120 Å². The van der Waals surface area contributed by atoms with Crippen LogP contribution >= 0.6 is 0 Å². The zero-order valence-corrected chi connectivity index (χ0v) is 12.6. The number of ether oxygens (including phenoxy) is 1. The van der Waals surface area contributed by atoms with Crippen molar-refractivity contribution >= 4 is 17.3 Å². The van der Waals surface area contributed by atoms with E-state index in [2.05, 4.69) is 18.7 Å². The summed E-state index contributed by atoms with van der Waals surface area (Å²) in [6.07, 6.45) is 3.50. The van der Waals surface area contributed by atoms with Gasteiger partial charge in [-0.2, -0.15) is 0 Å². The second-order valence-electron chi connectivity index (χ2n) is 6.27. The minimum Gasteiger partial charge on any atom is -0.465 e. The van der Waals surface area contributed by atoms with Crippen LogP contribution in [0.3, 0.4) is 0 Å². The van der Waals surface area contributed by atoms with Crippen LogP contribution < -0.4 is 10.6 Å². The average molecular weight is 276 g/mol. The second kappa shape index (κ2) is 5.73. The lowest BCUT2D eigenvalue weighted by Crippen LogP contribution is -2.26. The molecule has 0 aliphatic carbocycles. The van der Waals surface area contributed by atoms with Gasteiger partial charge in [0, 0.05) is 13.1 Å². The molecule has 0 radical (unpaired) electrons. The van der Waals surface area contributed by atoms with Gasteiger partial charge in [0.15, 0.2) is 0 Å². The third kappa shape index (κ3) is 3.24. The van der Waals surface area contributed by atoms with Crippen molar-refractivity contribution in [2.45, 2.75) is 33.1 Å². The number of carbonyl (C=O) groups excluding carboxylic acids is 1. The third-order valence-corrected chi connectivity index (χ3v) is 4.13. The molecule has 0 amide bonds. The van der Waals surface area contributed by atoms with E-state index < -0.39 is 0 Å². The summed E-state index contributed by atoms with van der Waals surface area (Å²) in [4.78, 5) is 13.9. The Bertz CT molecular complexity index is 497. The molecule has 0 atom stereocenters. The van der Waals surface area contributed by atoms with Crippen LogP contribution in [-0.4, -0.2) is 26.2 Å². The third-order valence-electron chi connectivity index (χ3n) is 4.13. The average Bonchev–Trinajstić information content (AvgIpc) is 2.59. The lowest BCUT2D eigenvalue weighted by Gasteiger charge is -2.26. The molecular weight excluding hydrogens is 252 g/mol. The molecule has 1 heterocycles. The fourth-order valence-electron chi connectivity index (χ4n) is 2.73. The number of nitrogens with two attached hydrogens (primary N) is 1. The Morgan fingerprint density at radius 2 is 2.05 bits per heavy atom. The highest BCUT2D eigenvalue weighted by Crippen LogP contribution is 2.33. The van der Waals surface area contributed by atoms with Gasteiger partial charge in [-0.05, 0) is 42.9 Å². The van der Waals surface area contributed by atoms with E-state index in [4.69, 9.17) is 10.5 Å². The minimum absolute atomic E-state index is 0.318. The number of benzene rings is 1. The molecule has 1 aromatic rings. The largest absolute Gasteiger partial charge is 0.465 e. The molecule has 4 nitrogen and oxygen atoms in total. The minimum atomic E-state index is -0.318. The fourth-order valence-corrected chi connectivity index (χ4v) is 2.73. The molecule has 1 aromatic carbocycles. The van der Waals surface area contributed by atoms with Gasteiger partial charge in [-0.15, -0.1) is 0 Å². The van der Waals surface area contributed by atoms with E-state index in [0.717, 1.165) is 37.3 Å². The van der Waals surface area contributed by atoms with Gasteiger partial charge in [-0.25, -0.2) is 4.79 Å². The molecule has 1 aliphatic rings. The predicted molar refractivity (Wildman–Crippen MR) is 82.0 cm³/mol. The van der Waals surface area contributed by atoms with Gasteiger partial charge in [0.1, 0.15) is 0 Å². The van der Waals surface area contributed by atoms with Crippen LogP contribution in [0.15, 0.2) is 18.2 Å². The summed E-state index contributed by atoms with van der Waals surface area (Å²) in [7, 11) is 1.40. The van der Waals surface area contributed by atoms with Crippen molar-refractivity contribution < 1.29 is 9.53 Å². The summed E-state index contributed by atoms with van der Waals surface area (Å²) in [5.74, 6) is -0.318. The molecule has 110 valence electrons. The Morgan fingerprint density at radius 1 is 1.30 bits per heavy atom. The Balaban J connectivity index is 2.25. The normalized spacial score (nSPS) is 18.4. The molecule has 2 rings (SSSR count). The number of nitrogen functional groups attached to an aromatic ring is 1. The van der Waals surface area contributed by atoms with Crippen molar-refractivity contribution in [3.8, 4) is 0 Å². The van der Waals surface area contributed by atoms with Crippen LogP contribution in [0.1, 0.15) is 43.5 Å². The SMILES string of the molecule is COC(=O)c1ccc(N)c(N2CCCC(C)(C)CC2)c1. The van der Waals surface area contributed by atoms with Crippen LogP contribution in [0.25, 0.3) is 0 Å². The van der Waals surface area contributed by atoms with Gasteiger partial charge in [-0.1, -0.05) is 13.8 Å². The lowest BCUT2D eigenvalue weighted by molar-refractivity contribution is 0.0601. The maximum absolute atomic E-state index is 11.6. The molecule has 0 aromatic heterocycles. The van der Waals surface area contributed by atoms with Gasteiger partial charge >= 0.3 is 5.97 Å². The van der Waals surface area contributed by atoms with Crippen LogP contribution in [0.5, 0.6) is 0 Å². The van der Waals surface area contributed by atoms with Crippen LogP contribution in [-0.2, 0) is 4.74 Å². The van der Waals surface area contributed by atoms with E-state index in [1.807, 2.05) is 6.07 Å². The van der Waals surface area contributed by atoms with Crippen molar-refractivity contribution in [2.24, 2.45) is 5.41 Å². The Kier molecular flexibility index (Phi) is 4.21. The molecule has 2 N–H and O–H groups in total. The lowest BCUT2D eigenvalue weighted by atomic mass is 9.85. The predicted octanol–water partition coefficient (Wildman–Crippen LogP) is 3.07. The number of carbonyl (C=O) groups is 1. The summed E-state index contributed by atoms with van der Waals surface area (Å²) in [6, 6.07) is 5.35. The maximum Gasteiger partial charge on any atom is 0.337 e. The van der Waals surface area contributed by atoms with Crippen molar-refractivity contribution in [3.05, 3.63) is 23.8 Å². The number of esters is 1. The van der Waals surface area contributed by atoms with Gasteiger partial charge in [-0.3, -0.25) is 0 Å². The van der Waals surface area contributed by atoms with Crippen molar-refractivity contribution in [1.29, 1.82) is 0 Å². The summed E-state index contributed by atoms with van der Waals surface area (Å²) in [5, 5.41) is 0. The highest BCUT2D eigenvalue weighted by molar-refractivity contribution is 5.92. The van der Waals surface area contributed by atoms with E-state index in [9.17, 15) is 4.79 Å². The van der Waals surface area contributed by atoms with Crippen LogP contribution in [0, 0.1) is 5.41 Å². The van der Waals surface area contributed by atoms with E-state index >= 15 is 0 Å².